The molecule has 0 fully saturated rings. The number of ether oxygens (including phenoxy) is 2. The largest absolute Gasteiger partial charge is 0.497 e. The number of benzene rings is 1. The van der Waals surface area contributed by atoms with Crippen LogP contribution in [0.3, 0.4) is 0 Å². The zero-order valence-electron chi connectivity index (χ0n) is 12.1. The van der Waals surface area contributed by atoms with Crippen LogP contribution in [0.2, 0.25) is 0 Å². The molecular formula is C13H18N6O2. The molecule has 8 heteroatoms. The number of nitrogens with one attached hydrogen (secondary N) is 2. The lowest BCUT2D eigenvalue weighted by Gasteiger charge is -2.11. The summed E-state index contributed by atoms with van der Waals surface area (Å²) < 4.78 is 10.6. The Kier molecular flexibility index (Phi) is 4.72. The predicted octanol–water partition coefficient (Wildman–Crippen LogP) is 1.70. The first-order chi connectivity index (χ1) is 10.1. The summed E-state index contributed by atoms with van der Waals surface area (Å²) in [6.45, 7) is 3.77. The molecule has 0 unspecified atom stereocenters. The Balaban J connectivity index is 2.25. The molecule has 0 aliphatic rings. The second kappa shape index (κ2) is 6.71. The molecule has 0 atom stereocenters. The maximum absolute atomic E-state index is 5.46. The van der Waals surface area contributed by atoms with Gasteiger partial charge in [0, 0.05) is 11.8 Å². The fourth-order valence-corrected chi connectivity index (χ4v) is 1.57. The molecule has 4 N–H and O–H groups in total. The van der Waals surface area contributed by atoms with Crippen LogP contribution in [-0.4, -0.2) is 28.2 Å². The van der Waals surface area contributed by atoms with Crippen molar-refractivity contribution in [2.75, 3.05) is 17.9 Å². The standard InChI is InChI=1S/C13H18N6O2/c1-8(2)21-13-17-11(16-12(18-13)19-14)15-9-5-4-6-10(7-9)20-3/h4-8H,14H2,1-3H3,(H2,15,16,17,18,19). The summed E-state index contributed by atoms with van der Waals surface area (Å²) in [6, 6.07) is 7.58. The second-order valence-electron chi connectivity index (χ2n) is 4.43. The van der Waals surface area contributed by atoms with E-state index in [0.717, 1.165) is 11.4 Å². The van der Waals surface area contributed by atoms with E-state index in [1.807, 2.05) is 38.1 Å². The van der Waals surface area contributed by atoms with E-state index < -0.39 is 0 Å². The Morgan fingerprint density at radius 3 is 2.57 bits per heavy atom. The van der Waals surface area contributed by atoms with E-state index >= 15 is 0 Å². The molecule has 112 valence electrons. The molecular weight excluding hydrogens is 272 g/mol. The number of anilines is 3. The molecule has 2 rings (SSSR count). The monoisotopic (exact) mass is 290 g/mol. The van der Waals surface area contributed by atoms with E-state index in [1.54, 1.807) is 7.11 Å². The lowest BCUT2D eigenvalue weighted by atomic mass is 10.3. The highest BCUT2D eigenvalue weighted by Gasteiger charge is 2.09. The smallest absolute Gasteiger partial charge is 0.323 e. The Labute approximate surface area is 122 Å². The predicted molar refractivity (Wildman–Crippen MR) is 79.7 cm³/mol. The van der Waals surface area contributed by atoms with Crippen LogP contribution in [0.5, 0.6) is 11.8 Å². The van der Waals surface area contributed by atoms with Gasteiger partial charge in [-0.25, -0.2) is 5.84 Å². The summed E-state index contributed by atoms with van der Waals surface area (Å²) in [7, 11) is 1.60. The summed E-state index contributed by atoms with van der Waals surface area (Å²) >= 11 is 0. The van der Waals surface area contributed by atoms with Gasteiger partial charge in [0.25, 0.3) is 0 Å². The maximum Gasteiger partial charge on any atom is 0.323 e. The number of nitrogen functional groups attached to an aromatic ring is 1. The van der Waals surface area contributed by atoms with Gasteiger partial charge in [-0.3, -0.25) is 5.43 Å². The van der Waals surface area contributed by atoms with E-state index in [2.05, 4.69) is 25.7 Å². The number of rotatable bonds is 6. The van der Waals surface area contributed by atoms with Crippen molar-refractivity contribution in [2.45, 2.75) is 20.0 Å². The minimum atomic E-state index is -0.0531. The van der Waals surface area contributed by atoms with Gasteiger partial charge in [-0.1, -0.05) is 6.07 Å². The Hall–Kier alpha value is -2.61. The number of methoxy groups -OCH3 is 1. The number of nitrogens with two attached hydrogens (primary N) is 1. The van der Waals surface area contributed by atoms with E-state index in [0.29, 0.717) is 5.95 Å². The Morgan fingerprint density at radius 2 is 1.90 bits per heavy atom. The molecule has 21 heavy (non-hydrogen) atoms. The Bertz CT molecular complexity index is 605. The van der Waals surface area contributed by atoms with Crippen molar-refractivity contribution in [3.05, 3.63) is 24.3 Å². The topological polar surface area (TPSA) is 107 Å². The molecule has 0 amide bonds. The summed E-state index contributed by atoms with van der Waals surface area (Å²) in [6.07, 6.45) is -0.0531. The van der Waals surface area contributed by atoms with Gasteiger partial charge in [-0.05, 0) is 26.0 Å². The van der Waals surface area contributed by atoms with Gasteiger partial charge >= 0.3 is 6.01 Å². The normalized spacial score (nSPS) is 10.3. The van der Waals surface area contributed by atoms with Gasteiger partial charge in [-0.2, -0.15) is 15.0 Å². The van der Waals surface area contributed by atoms with Crippen LogP contribution in [0.4, 0.5) is 17.6 Å². The molecule has 1 aromatic carbocycles. The molecule has 0 saturated heterocycles. The van der Waals surface area contributed by atoms with Crippen LogP contribution in [0.15, 0.2) is 24.3 Å². The highest BCUT2D eigenvalue weighted by Crippen LogP contribution is 2.21. The van der Waals surface area contributed by atoms with Gasteiger partial charge in [-0.15, -0.1) is 0 Å². The van der Waals surface area contributed by atoms with Crippen LogP contribution in [0.1, 0.15) is 13.8 Å². The molecule has 2 aromatic rings. The van der Waals surface area contributed by atoms with Gasteiger partial charge in [0.1, 0.15) is 5.75 Å². The quantitative estimate of drug-likeness (QED) is 0.545. The number of hydrazine groups is 1. The van der Waals surface area contributed by atoms with E-state index in [-0.39, 0.29) is 18.1 Å². The van der Waals surface area contributed by atoms with Crippen molar-refractivity contribution in [2.24, 2.45) is 5.84 Å². The number of hydrogen-bond donors (Lipinski definition) is 3. The summed E-state index contributed by atoms with van der Waals surface area (Å²) in [4.78, 5) is 12.3. The molecule has 0 saturated carbocycles. The van der Waals surface area contributed by atoms with E-state index in [9.17, 15) is 0 Å². The molecule has 0 spiro atoms. The lowest BCUT2D eigenvalue weighted by molar-refractivity contribution is 0.222. The number of aromatic nitrogens is 3. The van der Waals surface area contributed by atoms with Crippen molar-refractivity contribution in [3.63, 3.8) is 0 Å². The van der Waals surface area contributed by atoms with Crippen LogP contribution in [0, 0.1) is 0 Å². The zero-order chi connectivity index (χ0) is 15.2. The van der Waals surface area contributed by atoms with E-state index in [1.165, 1.54) is 0 Å². The maximum atomic E-state index is 5.46. The fraction of sp³-hybridized carbons (Fsp3) is 0.308. The summed E-state index contributed by atoms with van der Waals surface area (Å²) in [5.41, 5.74) is 3.16. The first-order valence-corrected chi connectivity index (χ1v) is 6.41. The van der Waals surface area contributed by atoms with Gasteiger partial charge in [0.15, 0.2) is 0 Å². The molecule has 0 aliphatic carbocycles. The van der Waals surface area contributed by atoms with Gasteiger partial charge in [0.05, 0.1) is 13.2 Å². The van der Waals surface area contributed by atoms with Crippen LogP contribution < -0.4 is 26.1 Å². The van der Waals surface area contributed by atoms with Gasteiger partial charge in [0.2, 0.25) is 11.9 Å². The van der Waals surface area contributed by atoms with Crippen LogP contribution in [0.25, 0.3) is 0 Å². The minimum absolute atomic E-state index is 0.0531. The number of nitrogens with zero attached hydrogens (tertiary/aromatic N) is 3. The third-order valence-corrected chi connectivity index (χ3v) is 2.41. The molecule has 8 nitrogen and oxygen atoms in total. The first kappa shape index (κ1) is 14.8. The summed E-state index contributed by atoms with van der Waals surface area (Å²) in [5, 5.41) is 3.05. The zero-order valence-corrected chi connectivity index (χ0v) is 12.1. The Morgan fingerprint density at radius 1 is 1.14 bits per heavy atom. The molecule has 0 radical (unpaired) electrons. The van der Waals surface area contributed by atoms with Gasteiger partial charge < -0.3 is 14.8 Å². The number of hydrogen-bond acceptors (Lipinski definition) is 8. The van der Waals surface area contributed by atoms with Crippen molar-refractivity contribution < 1.29 is 9.47 Å². The van der Waals surface area contributed by atoms with E-state index in [4.69, 9.17) is 15.3 Å². The average molecular weight is 290 g/mol. The molecule has 1 heterocycles. The highest BCUT2D eigenvalue weighted by atomic mass is 16.5. The SMILES string of the molecule is COc1cccc(Nc2nc(NN)nc(OC(C)C)n2)c1. The average Bonchev–Trinajstić information content (AvgIpc) is 2.46. The molecule has 0 aliphatic heterocycles. The lowest BCUT2D eigenvalue weighted by Crippen LogP contribution is -2.15. The van der Waals surface area contributed by atoms with Crippen molar-refractivity contribution in [1.82, 2.24) is 15.0 Å². The van der Waals surface area contributed by atoms with Crippen molar-refractivity contribution in [1.29, 1.82) is 0 Å². The first-order valence-electron chi connectivity index (χ1n) is 6.41. The third-order valence-electron chi connectivity index (χ3n) is 2.41. The fourth-order valence-electron chi connectivity index (χ4n) is 1.57. The van der Waals surface area contributed by atoms with Crippen molar-refractivity contribution >= 4 is 17.6 Å². The van der Waals surface area contributed by atoms with Crippen LogP contribution >= 0.6 is 0 Å². The minimum Gasteiger partial charge on any atom is -0.497 e. The highest BCUT2D eigenvalue weighted by molar-refractivity contribution is 5.56. The van der Waals surface area contributed by atoms with Crippen LogP contribution in [-0.2, 0) is 0 Å². The second-order valence-corrected chi connectivity index (χ2v) is 4.43. The summed E-state index contributed by atoms with van der Waals surface area (Å²) in [5.74, 6) is 6.61. The third kappa shape index (κ3) is 4.18. The molecule has 0 bridgehead atoms. The molecule has 1 aromatic heterocycles. The van der Waals surface area contributed by atoms with Crippen molar-refractivity contribution in [3.8, 4) is 11.8 Å².